The number of imide groups is 2. The van der Waals surface area contributed by atoms with E-state index in [1.165, 1.54) is 39.5 Å². The van der Waals surface area contributed by atoms with Crippen LogP contribution in [0.5, 0.6) is 40.2 Å². The topological polar surface area (TPSA) is 262 Å². The predicted molar refractivity (Wildman–Crippen MR) is 292 cm³/mol. The van der Waals surface area contributed by atoms with Crippen molar-refractivity contribution in [1.29, 1.82) is 0 Å². The predicted octanol–water partition coefficient (Wildman–Crippen LogP) is 5.41. The summed E-state index contributed by atoms with van der Waals surface area (Å²) in [5.74, 6) is -2.01. The molecular formula is C59H71N5O17. The van der Waals surface area contributed by atoms with Gasteiger partial charge in [-0.2, -0.15) is 0 Å². The Morgan fingerprint density at radius 2 is 1.37 bits per heavy atom. The highest BCUT2D eigenvalue weighted by Crippen LogP contribution is 2.42. The Labute approximate surface area is 470 Å². The number of likely N-dealkylation sites (tertiary alicyclic amines) is 1. The van der Waals surface area contributed by atoms with E-state index in [1.807, 2.05) is 31.2 Å². The quantitative estimate of drug-likeness (QED) is 0.0349. The summed E-state index contributed by atoms with van der Waals surface area (Å²) in [5, 5.41) is 7.70. The Kier molecular flexibility index (Phi) is 21.7. The van der Waals surface area contributed by atoms with Crippen LogP contribution in [0.25, 0.3) is 0 Å². The highest BCUT2D eigenvalue weighted by atomic mass is 16.5. The van der Waals surface area contributed by atoms with Crippen LogP contribution < -0.4 is 49.1 Å². The minimum Gasteiger partial charge on any atom is -0.493 e. The lowest BCUT2D eigenvalue weighted by atomic mass is 9.91. The number of fused-ring (bicyclic) bond motifs is 1. The van der Waals surface area contributed by atoms with E-state index in [0.29, 0.717) is 110 Å². The molecule has 3 N–H and O–H groups in total. The van der Waals surface area contributed by atoms with Crippen LogP contribution in [0, 0.1) is 0 Å². The molecule has 2 fully saturated rings. The van der Waals surface area contributed by atoms with Gasteiger partial charge in [0, 0.05) is 39.3 Å². The number of nitrogens with zero attached hydrogens (tertiary/aromatic N) is 2. The summed E-state index contributed by atoms with van der Waals surface area (Å²) in [6.45, 7) is 2.82. The molecule has 0 aliphatic carbocycles. The number of hydrogen-bond acceptors (Lipinski definition) is 17. The van der Waals surface area contributed by atoms with Gasteiger partial charge in [-0.3, -0.25) is 43.8 Å². The number of piperidine rings is 2. The van der Waals surface area contributed by atoms with E-state index in [-0.39, 0.29) is 54.7 Å². The SMILES string of the molecule is CC[C@H](C(=O)N1CCCC[C@H]1C(=O)OC(CCc1ccc(OC)c(OC)c1)c1cccc(OCC(=O)NCCCOCCCNC(=O)COc2cccc3c2C(=O)N(C2CCC(=O)NC2=O)C3=O)c1)c1cc(OC)c(OC)c(OC)c1. The number of amides is 7. The Balaban J connectivity index is 0.869. The molecule has 22 nitrogen and oxygen atoms in total. The fraction of sp³-hybridized carbons (Fsp3) is 0.458. The van der Waals surface area contributed by atoms with Gasteiger partial charge < -0.3 is 58.2 Å². The summed E-state index contributed by atoms with van der Waals surface area (Å²) in [6, 6.07) is 18.6. The molecule has 4 aromatic rings. The zero-order valence-electron chi connectivity index (χ0n) is 46.6. The molecule has 0 bridgehead atoms. The lowest BCUT2D eigenvalue weighted by molar-refractivity contribution is -0.162. The number of ether oxygens (including phenoxy) is 9. The molecule has 0 radical (unpaired) electrons. The number of esters is 1. The normalized spacial score (nSPS) is 16.6. The Bertz CT molecular complexity index is 2910. The minimum atomic E-state index is -1.13. The van der Waals surface area contributed by atoms with Crippen molar-refractivity contribution < 1.29 is 81.0 Å². The Morgan fingerprint density at radius 1 is 0.691 bits per heavy atom. The van der Waals surface area contributed by atoms with Crippen LogP contribution in [0.1, 0.15) is 114 Å². The van der Waals surface area contributed by atoms with Gasteiger partial charge in [0.15, 0.2) is 36.2 Å². The second kappa shape index (κ2) is 29.2. The molecule has 81 heavy (non-hydrogen) atoms. The molecule has 2 saturated heterocycles. The smallest absolute Gasteiger partial charge is 0.329 e. The number of hydrogen-bond donors (Lipinski definition) is 3. The molecule has 0 aromatic heterocycles. The summed E-state index contributed by atoms with van der Waals surface area (Å²) < 4.78 is 51.4. The maximum Gasteiger partial charge on any atom is 0.329 e. The fourth-order valence-electron chi connectivity index (χ4n) is 10.1. The van der Waals surface area contributed by atoms with Crippen molar-refractivity contribution in [2.45, 2.75) is 95.2 Å². The van der Waals surface area contributed by atoms with Crippen molar-refractivity contribution in [2.75, 3.05) is 81.6 Å². The fourth-order valence-corrected chi connectivity index (χ4v) is 10.1. The van der Waals surface area contributed by atoms with Gasteiger partial charge in [-0.15, -0.1) is 0 Å². The number of aryl methyl sites for hydroxylation is 1. The standard InChI is InChI=1S/C59H71N5O17/c1-7-40(38-32-48(75-4)54(77-6)49(33-38)76-5)56(69)63-27-9-8-17-43(63)59(72)81-44(22-19-36-20-23-45(73-2)47(30-36)74-3)37-14-10-15-39(31-37)79-34-51(66)60-25-12-28-78-29-13-26-61-52(67)35-80-46-18-11-16-41-53(46)58(71)64(57(41)70)42-21-24-50(65)62-55(42)68/h10-11,14-16,18,20,23,30-33,40,42-44H,7-9,12-13,17,19,21-22,24-29,34-35H2,1-6H3,(H,60,66)(H,61,67)(H,62,65,68)/t40-,42?,43-,44?/m0/s1. The van der Waals surface area contributed by atoms with Crippen LogP contribution in [0.4, 0.5) is 0 Å². The summed E-state index contributed by atoms with van der Waals surface area (Å²) >= 11 is 0. The molecule has 3 heterocycles. The lowest BCUT2D eigenvalue weighted by Crippen LogP contribution is -2.54. The van der Waals surface area contributed by atoms with Crippen LogP contribution in [-0.4, -0.2) is 151 Å². The molecule has 3 aliphatic heterocycles. The second-order valence-corrected chi connectivity index (χ2v) is 19.4. The molecule has 4 atom stereocenters. The van der Waals surface area contributed by atoms with E-state index in [4.69, 9.17) is 42.6 Å². The zero-order chi connectivity index (χ0) is 58.0. The number of rotatable bonds is 29. The molecular weight excluding hydrogens is 1050 g/mol. The molecule has 434 valence electrons. The maximum absolute atomic E-state index is 14.5. The van der Waals surface area contributed by atoms with E-state index in [9.17, 15) is 38.4 Å². The summed E-state index contributed by atoms with van der Waals surface area (Å²) in [6.07, 6.45) is 3.39. The maximum atomic E-state index is 14.5. The molecule has 3 aliphatic rings. The number of benzene rings is 4. The van der Waals surface area contributed by atoms with Gasteiger partial charge in [-0.25, -0.2) is 4.79 Å². The molecule has 0 saturated carbocycles. The monoisotopic (exact) mass is 1120 g/mol. The van der Waals surface area contributed by atoms with Gasteiger partial charge in [0.2, 0.25) is 23.5 Å². The van der Waals surface area contributed by atoms with Gasteiger partial charge in [0.05, 0.1) is 52.6 Å². The van der Waals surface area contributed by atoms with E-state index in [2.05, 4.69) is 16.0 Å². The van der Waals surface area contributed by atoms with Crippen molar-refractivity contribution in [3.05, 3.63) is 101 Å². The molecule has 0 spiro atoms. The van der Waals surface area contributed by atoms with Crippen molar-refractivity contribution >= 4 is 47.3 Å². The molecule has 7 amide bonds. The van der Waals surface area contributed by atoms with Crippen LogP contribution in [0.2, 0.25) is 0 Å². The molecule has 4 aromatic carbocycles. The van der Waals surface area contributed by atoms with Crippen molar-refractivity contribution in [3.63, 3.8) is 0 Å². The summed E-state index contributed by atoms with van der Waals surface area (Å²) in [5.41, 5.74) is 2.21. The van der Waals surface area contributed by atoms with Crippen LogP contribution in [0.15, 0.2) is 72.8 Å². The minimum absolute atomic E-state index is 0.0106. The third kappa shape index (κ3) is 15.1. The molecule has 7 rings (SSSR count). The number of carbonyl (C=O) groups excluding carboxylic acids is 8. The average molecular weight is 1120 g/mol. The Morgan fingerprint density at radius 3 is 2.02 bits per heavy atom. The van der Waals surface area contributed by atoms with Crippen molar-refractivity contribution in [3.8, 4) is 40.2 Å². The van der Waals surface area contributed by atoms with E-state index in [1.54, 1.807) is 49.5 Å². The van der Waals surface area contributed by atoms with Crippen molar-refractivity contribution in [1.82, 2.24) is 25.8 Å². The first-order valence-corrected chi connectivity index (χ1v) is 27.1. The number of nitrogens with one attached hydrogen (secondary N) is 3. The first-order valence-electron chi connectivity index (χ1n) is 27.1. The van der Waals surface area contributed by atoms with Crippen LogP contribution in [-0.2, 0) is 44.7 Å². The third-order valence-electron chi connectivity index (χ3n) is 14.2. The first kappa shape index (κ1) is 60.2. The average Bonchev–Trinajstić information content (AvgIpc) is 3.91. The highest BCUT2D eigenvalue weighted by Gasteiger charge is 2.46. The van der Waals surface area contributed by atoms with Crippen LogP contribution >= 0.6 is 0 Å². The highest BCUT2D eigenvalue weighted by molar-refractivity contribution is 6.24. The van der Waals surface area contributed by atoms with Crippen molar-refractivity contribution in [2.24, 2.45) is 0 Å². The summed E-state index contributed by atoms with van der Waals surface area (Å²) in [7, 11) is 7.67. The zero-order valence-corrected chi connectivity index (χ0v) is 46.6. The Hall–Kier alpha value is -8.40. The molecule has 2 unspecified atom stereocenters. The molecule has 22 heteroatoms. The van der Waals surface area contributed by atoms with Gasteiger partial charge in [0.1, 0.15) is 29.7 Å². The van der Waals surface area contributed by atoms with Gasteiger partial charge in [0.25, 0.3) is 23.6 Å². The summed E-state index contributed by atoms with van der Waals surface area (Å²) in [4.78, 5) is 107. The van der Waals surface area contributed by atoms with Gasteiger partial charge in [-0.05, 0) is 123 Å². The van der Waals surface area contributed by atoms with Crippen LogP contribution in [0.3, 0.4) is 0 Å². The largest absolute Gasteiger partial charge is 0.493 e. The van der Waals surface area contributed by atoms with E-state index < -0.39 is 66.2 Å². The third-order valence-corrected chi connectivity index (χ3v) is 14.2. The number of methoxy groups -OCH3 is 5. The van der Waals surface area contributed by atoms with E-state index in [0.717, 1.165) is 23.3 Å². The number of carbonyl (C=O) groups is 8. The lowest BCUT2D eigenvalue weighted by Gasteiger charge is -2.37. The first-order chi connectivity index (χ1) is 39.2. The second-order valence-electron chi connectivity index (χ2n) is 19.4. The van der Waals surface area contributed by atoms with Gasteiger partial charge >= 0.3 is 5.97 Å². The van der Waals surface area contributed by atoms with E-state index >= 15 is 0 Å². The van der Waals surface area contributed by atoms with Gasteiger partial charge in [-0.1, -0.05) is 31.2 Å².